The Bertz CT molecular complexity index is 783. The van der Waals surface area contributed by atoms with Gasteiger partial charge in [0.2, 0.25) is 0 Å². The van der Waals surface area contributed by atoms with Crippen molar-refractivity contribution in [2.24, 2.45) is 17.8 Å². The summed E-state index contributed by atoms with van der Waals surface area (Å²) >= 11 is 0. The molecule has 0 radical (unpaired) electrons. The van der Waals surface area contributed by atoms with Crippen molar-refractivity contribution in [3.8, 4) is 0 Å². The molecule has 4 rings (SSSR count). The molecule has 0 spiro atoms. The van der Waals surface area contributed by atoms with Crippen LogP contribution in [0.15, 0.2) is 29.2 Å². The van der Waals surface area contributed by atoms with Gasteiger partial charge in [-0.3, -0.25) is 9.35 Å². The van der Waals surface area contributed by atoms with Crippen LogP contribution in [0.5, 0.6) is 0 Å². The maximum absolute atomic E-state index is 12.2. The normalized spacial score (nSPS) is 34.5. The molecule has 2 bridgehead atoms. The smallest absolute Gasteiger partial charge is 0.338 e. The summed E-state index contributed by atoms with van der Waals surface area (Å²) in [5.74, 6) is -0.550. The Balaban J connectivity index is 1.50. The van der Waals surface area contributed by atoms with Gasteiger partial charge >= 0.3 is 11.9 Å². The predicted octanol–water partition coefficient (Wildman–Crippen LogP) is 1.04. The molecule has 2 saturated carbocycles. The van der Waals surface area contributed by atoms with E-state index in [1.807, 2.05) is 0 Å². The van der Waals surface area contributed by atoms with Crippen LogP contribution in [0.25, 0.3) is 0 Å². The van der Waals surface area contributed by atoms with Crippen LogP contribution in [0.4, 0.5) is 0 Å². The van der Waals surface area contributed by atoms with Gasteiger partial charge in [-0.25, -0.2) is 4.79 Å². The molecule has 2 aliphatic carbocycles. The van der Waals surface area contributed by atoms with Crippen molar-refractivity contribution in [2.45, 2.75) is 29.9 Å². The molecule has 5 unspecified atom stereocenters. The van der Waals surface area contributed by atoms with Crippen molar-refractivity contribution >= 4 is 22.1 Å². The third kappa shape index (κ3) is 2.24. The molecule has 23 heavy (non-hydrogen) atoms. The lowest BCUT2D eigenvalue weighted by molar-refractivity contribution is -0.146. The summed E-state index contributed by atoms with van der Waals surface area (Å²) in [6.07, 6.45) is 0.740. The highest BCUT2D eigenvalue weighted by Gasteiger charge is 2.63. The summed E-state index contributed by atoms with van der Waals surface area (Å²) in [4.78, 5) is 23.6. The van der Waals surface area contributed by atoms with Gasteiger partial charge in [-0.05, 0) is 37.1 Å². The Kier molecular flexibility index (Phi) is 3.05. The number of carbonyl (C=O) groups excluding carboxylic acids is 2. The van der Waals surface area contributed by atoms with Gasteiger partial charge < -0.3 is 9.47 Å². The molecule has 8 heteroatoms. The summed E-state index contributed by atoms with van der Waals surface area (Å²) in [7, 11) is -4.30. The Morgan fingerprint density at radius 3 is 2.57 bits per heavy atom. The molecule has 0 amide bonds. The molecule has 3 fully saturated rings. The predicted molar refractivity (Wildman–Crippen MR) is 75.0 cm³/mol. The van der Waals surface area contributed by atoms with Gasteiger partial charge in [0.05, 0.1) is 16.4 Å². The molecule has 3 aliphatic rings. The monoisotopic (exact) mass is 338 g/mol. The number of hydrogen-bond donors (Lipinski definition) is 1. The van der Waals surface area contributed by atoms with Crippen molar-refractivity contribution in [3.63, 3.8) is 0 Å². The van der Waals surface area contributed by atoms with Crippen molar-refractivity contribution in [2.75, 3.05) is 0 Å². The zero-order valence-corrected chi connectivity index (χ0v) is 12.7. The van der Waals surface area contributed by atoms with Gasteiger partial charge in [-0.15, -0.1) is 0 Å². The standard InChI is InChI=1S/C15H14O7S/c16-14(7-1-3-9(4-2-7)23(18,19)20)21-12-8-5-10-11(6-8)15(17)22-13(10)12/h1-4,8,10-13H,5-6H2,(H,18,19,20). The second-order valence-corrected chi connectivity index (χ2v) is 7.69. The fraction of sp³-hybridized carbons (Fsp3) is 0.467. The molecule has 0 aromatic heterocycles. The third-order valence-electron chi connectivity index (χ3n) is 5.04. The minimum absolute atomic E-state index is 0.0472. The Labute approximate surface area is 132 Å². The number of benzene rings is 1. The minimum Gasteiger partial charge on any atom is -0.458 e. The van der Waals surface area contributed by atoms with Crippen LogP contribution in [-0.2, 0) is 24.4 Å². The first kappa shape index (κ1) is 14.6. The number of rotatable bonds is 3. The summed E-state index contributed by atoms with van der Waals surface area (Å²) in [6.45, 7) is 0. The second-order valence-electron chi connectivity index (χ2n) is 6.27. The topological polar surface area (TPSA) is 107 Å². The van der Waals surface area contributed by atoms with Crippen LogP contribution in [0, 0.1) is 17.8 Å². The lowest BCUT2D eigenvalue weighted by Gasteiger charge is -2.25. The highest BCUT2D eigenvalue weighted by molar-refractivity contribution is 7.85. The number of carbonyl (C=O) groups is 2. The van der Waals surface area contributed by atoms with E-state index in [1.165, 1.54) is 12.1 Å². The fourth-order valence-corrected chi connectivity index (χ4v) is 4.50. The first-order valence-electron chi connectivity index (χ1n) is 7.33. The van der Waals surface area contributed by atoms with E-state index in [9.17, 15) is 18.0 Å². The van der Waals surface area contributed by atoms with Gasteiger partial charge in [-0.2, -0.15) is 8.42 Å². The fourth-order valence-electron chi connectivity index (χ4n) is 4.02. The van der Waals surface area contributed by atoms with Gasteiger partial charge in [0.25, 0.3) is 10.1 Å². The van der Waals surface area contributed by atoms with E-state index in [1.54, 1.807) is 0 Å². The van der Waals surface area contributed by atoms with Crippen molar-refractivity contribution in [1.29, 1.82) is 0 Å². The number of esters is 2. The molecule has 1 N–H and O–H groups in total. The Morgan fingerprint density at radius 2 is 1.91 bits per heavy atom. The number of hydrogen-bond acceptors (Lipinski definition) is 6. The van der Waals surface area contributed by atoms with Gasteiger partial charge in [0.1, 0.15) is 12.2 Å². The SMILES string of the molecule is O=C(OC1C2CC3C(=O)OC1C3C2)c1ccc(S(=O)(=O)O)cc1. The highest BCUT2D eigenvalue weighted by Crippen LogP contribution is 2.55. The molecular formula is C15H14O7S. The summed E-state index contributed by atoms with van der Waals surface area (Å²) in [6, 6.07) is 4.83. The maximum Gasteiger partial charge on any atom is 0.338 e. The van der Waals surface area contributed by atoms with Gasteiger partial charge in [0, 0.05) is 11.8 Å². The Morgan fingerprint density at radius 1 is 1.22 bits per heavy atom. The van der Waals surface area contributed by atoms with Crippen LogP contribution in [0.3, 0.4) is 0 Å². The van der Waals surface area contributed by atoms with E-state index < -0.39 is 22.2 Å². The first-order valence-corrected chi connectivity index (χ1v) is 8.77. The summed E-state index contributed by atoms with van der Waals surface area (Å²) < 4.78 is 41.7. The highest BCUT2D eigenvalue weighted by atomic mass is 32.2. The average molecular weight is 338 g/mol. The van der Waals surface area contributed by atoms with Crippen LogP contribution in [0.2, 0.25) is 0 Å². The van der Waals surface area contributed by atoms with Crippen molar-refractivity contribution < 1.29 is 32.0 Å². The zero-order chi connectivity index (χ0) is 16.4. The molecular weight excluding hydrogens is 324 g/mol. The number of ether oxygens (including phenoxy) is 2. The molecule has 122 valence electrons. The van der Waals surface area contributed by atoms with E-state index >= 15 is 0 Å². The molecule has 1 aromatic carbocycles. The largest absolute Gasteiger partial charge is 0.458 e. The quantitative estimate of drug-likeness (QED) is 0.648. The van der Waals surface area contributed by atoms with E-state index in [-0.39, 0.29) is 40.3 Å². The van der Waals surface area contributed by atoms with Gasteiger partial charge in [-0.1, -0.05) is 0 Å². The first-order chi connectivity index (χ1) is 10.8. The third-order valence-corrected chi connectivity index (χ3v) is 5.91. The zero-order valence-electron chi connectivity index (χ0n) is 11.9. The summed E-state index contributed by atoms with van der Waals surface area (Å²) in [5, 5.41) is 0. The maximum atomic E-state index is 12.2. The van der Waals surface area contributed by atoms with Crippen LogP contribution >= 0.6 is 0 Å². The Hall–Kier alpha value is -1.93. The van der Waals surface area contributed by atoms with E-state index in [2.05, 4.69) is 0 Å². The van der Waals surface area contributed by atoms with Crippen LogP contribution in [0.1, 0.15) is 23.2 Å². The van der Waals surface area contributed by atoms with Crippen LogP contribution in [-0.4, -0.2) is 37.1 Å². The van der Waals surface area contributed by atoms with Crippen molar-refractivity contribution in [1.82, 2.24) is 0 Å². The molecule has 1 aromatic rings. The minimum atomic E-state index is -4.30. The number of fused-ring (bicyclic) bond motifs is 1. The molecule has 7 nitrogen and oxygen atoms in total. The van der Waals surface area contributed by atoms with E-state index in [0.717, 1.165) is 18.6 Å². The second kappa shape index (κ2) is 4.78. The average Bonchev–Trinajstić information content (AvgIpc) is 3.11. The molecule has 1 saturated heterocycles. The molecule has 1 aliphatic heterocycles. The van der Waals surface area contributed by atoms with E-state index in [4.69, 9.17) is 14.0 Å². The lowest BCUT2D eigenvalue weighted by atomic mass is 9.88. The van der Waals surface area contributed by atoms with Crippen LogP contribution < -0.4 is 0 Å². The van der Waals surface area contributed by atoms with Crippen molar-refractivity contribution in [3.05, 3.63) is 29.8 Å². The molecule has 5 atom stereocenters. The summed E-state index contributed by atoms with van der Waals surface area (Å²) in [5.41, 5.74) is 0.182. The van der Waals surface area contributed by atoms with E-state index in [0.29, 0.717) is 6.42 Å². The van der Waals surface area contributed by atoms with Gasteiger partial charge in [0.15, 0.2) is 0 Å². The molecule has 1 heterocycles. The lowest BCUT2D eigenvalue weighted by Crippen LogP contribution is -2.36.